The Labute approximate surface area is 102 Å². The molecule has 1 aliphatic heterocycles. The molecule has 1 saturated heterocycles. The van der Waals surface area contributed by atoms with Crippen LogP contribution in [0.25, 0.3) is 5.52 Å². The first-order chi connectivity index (χ1) is 8.18. The fourth-order valence-corrected chi connectivity index (χ4v) is 2.28. The predicted molar refractivity (Wildman–Crippen MR) is 62.8 cm³/mol. The van der Waals surface area contributed by atoms with E-state index in [1.807, 2.05) is 0 Å². The second kappa shape index (κ2) is 3.72. The maximum atomic E-state index is 11.2. The van der Waals surface area contributed by atoms with Crippen molar-refractivity contribution in [3.05, 3.63) is 34.9 Å². The molecule has 0 bridgehead atoms. The molecular formula is C11H10ClN3O2. The molecule has 3 rings (SSSR count). The van der Waals surface area contributed by atoms with Gasteiger partial charge >= 0.3 is 5.97 Å². The molecule has 1 aliphatic rings. The van der Waals surface area contributed by atoms with Crippen molar-refractivity contribution < 1.29 is 9.90 Å². The number of nitrogens with zero attached hydrogens (tertiary/aromatic N) is 2. The Hall–Kier alpha value is -1.59. The van der Waals surface area contributed by atoms with Gasteiger partial charge in [-0.25, -0.2) is 9.78 Å². The number of carboxylic acids is 1. The molecule has 2 N–H and O–H groups in total. The lowest BCUT2D eigenvalue weighted by Crippen LogP contribution is -2.40. The normalized spacial score (nSPS) is 16.1. The van der Waals surface area contributed by atoms with E-state index in [1.165, 1.54) is 0 Å². The van der Waals surface area contributed by atoms with Crippen LogP contribution in [0.2, 0.25) is 5.02 Å². The van der Waals surface area contributed by atoms with Crippen molar-refractivity contribution in [2.24, 2.45) is 0 Å². The third-order valence-electron chi connectivity index (χ3n) is 2.99. The molecule has 0 saturated carbocycles. The molecule has 6 heteroatoms. The second-order valence-electron chi connectivity index (χ2n) is 4.05. The zero-order valence-corrected chi connectivity index (χ0v) is 9.61. The average molecular weight is 252 g/mol. The lowest BCUT2D eigenvalue weighted by molar-refractivity contribution is 0.0693. The van der Waals surface area contributed by atoms with Gasteiger partial charge in [-0.3, -0.25) is 0 Å². The lowest BCUT2D eigenvalue weighted by Gasteiger charge is -2.25. The molecular weight excluding hydrogens is 242 g/mol. The number of hydrogen-bond acceptors (Lipinski definition) is 3. The fourth-order valence-electron chi connectivity index (χ4n) is 2.03. The van der Waals surface area contributed by atoms with Crippen LogP contribution in [0.5, 0.6) is 0 Å². The Morgan fingerprint density at radius 1 is 1.59 bits per heavy atom. The summed E-state index contributed by atoms with van der Waals surface area (Å²) >= 11 is 6.05. The molecule has 2 aromatic rings. The van der Waals surface area contributed by atoms with Crippen LogP contribution in [0.15, 0.2) is 18.3 Å². The highest BCUT2D eigenvalue weighted by molar-refractivity contribution is 6.34. The number of carbonyl (C=O) groups is 1. The first-order valence-corrected chi connectivity index (χ1v) is 5.66. The van der Waals surface area contributed by atoms with Gasteiger partial charge in [-0.15, -0.1) is 0 Å². The number of hydrogen-bond donors (Lipinski definition) is 2. The highest BCUT2D eigenvalue weighted by atomic mass is 35.5. The topological polar surface area (TPSA) is 66.6 Å². The lowest BCUT2D eigenvalue weighted by atomic mass is 10.0. The first kappa shape index (κ1) is 10.6. The molecule has 0 radical (unpaired) electrons. The van der Waals surface area contributed by atoms with Crippen molar-refractivity contribution in [2.75, 3.05) is 13.1 Å². The van der Waals surface area contributed by atoms with Gasteiger partial charge in [0, 0.05) is 25.2 Å². The molecule has 0 aliphatic carbocycles. The van der Waals surface area contributed by atoms with E-state index in [4.69, 9.17) is 16.7 Å². The maximum Gasteiger partial charge on any atom is 0.356 e. The van der Waals surface area contributed by atoms with Crippen molar-refractivity contribution in [2.45, 2.75) is 5.92 Å². The standard InChI is InChI=1S/C11H10ClN3O2/c12-7-2-1-3-15-9(7)8(11(16)17)14-10(15)6-4-13-5-6/h1-3,6,13H,4-5H2,(H,16,17). The molecule has 88 valence electrons. The Morgan fingerprint density at radius 3 is 2.94 bits per heavy atom. The SMILES string of the molecule is O=C(O)c1nc(C2CNC2)n2cccc(Cl)c12. The van der Waals surface area contributed by atoms with Crippen LogP contribution < -0.4 is 5.32 Å². The van der Waals surface area contributed by atoms with Gasteiger partial charge in [0.15, 0.2) is 5.69 Å². The van der Waals surface area contributed by atoms with E-state index in [1.54, 1.807) is 22.7 Å². The summed E-state index contributed by atoms with van der Waals surface area (Å²) in [5.41, 5.74) is 0.501. The van der Waals surface area contributed by atoms with Gasteiger partial charge in [0.05, 0.1) is 10.5 Å². The van der Waals surface area contributed by atoms with Crippen LogP contribution in [0.3, 0.4) is 0 Å². The predicted octanol–water partition coefficient (Wildman–Crippen LogP) is 1.37. The highest BCUT2D eigenvalue weighted by Crippen LogP contribution is 2.27. The van der Waals surface area contributed by atoms with Crippen LogP contribution in [-0.4, -0.2) is 33.6 Å². The van der Waals surface area contributed by atoms with E-state index in [9.17, 15) is 4.79 Å². The van der Waals surface area contributed by atoms with Crippen molar-refractivity contribution in [1.82, 2.24) is 14.7 Å². The third kappa shape index (κ3) is 1.50. The van der Waals surface area contributed by atoms with E-state index >= 15 is 0 Å². The van der Waals surface area contributed by atoms with Crippen molar-refractivity contribution in [1.29, 1.82) is 0 Å². The molecule has 5 nitrogen and oxygen atoms in total. The number of imidazole rings is 1. The summed E-state index contributed by atoms with van der Waals surface area (Å²) in [6.07, 6.45) is 1.80. The molecule has 1 fully saturated rings. The molecule has 17 heavy (non-hydrogen) atoms. The number of carboxylic acid groups (broad SMARTS) is 1. The molecule has 0 unspecified atom stereocenters. The van der Waals surface area contributed by atoms with E-state index in [2.05, 4.69) is 10.3 Å². The molecule has 2 aromatic heterocycles. The summed E-state index contributed by atoms with van der Waals surface area (Å²) in [6.45, 7) is 1.65. The summed E-state index contributed by atoms with van der Waals surface area (Å²) in [7, 11) is 0. The maximum absolute atomic E-state index is 11.2. The Balaban J connectivity index is 2.30. The minimum Gasteiger partial charge on any atom is -0.476 e. The minimum absolute atomic E-state index is 0.0255. The zero-order valence-electron chi connectivity index (χ0n) is 8.85. The smallest absolute Gasteiger partial charge is 0.356 e. The summed E-state index contributed by atoms with van der Waals surface area (Å²) in [4.78, 5) is 15.4. The number of nitrogens with one attached hydrogen (secondary N) is 1. The van der Waals surface area contributed by atoms with E-state index < -0.39 is 5.97 Å². The van der Waals surface area contributed by atoms with Gasteiger partial charge in [0.1, 0.15) is 5.82 Å². The second-order valence-corrected chi connectivity index (χ2v) is 4.46. The number of aromatic carboxylic acids is 1. The van der Waals surface area contributed by atoms with Gasteiger partial charge in [0.2, 0.25) is 0 Å². The number of rotatable bonds is 2. The number of halogens is 1. The van der Waals surface area contributed by atoms with Crippen LogP contribution in [0, 0.1) is 0 Å². The summed E-state index contributed by atoms with van der Waals surface area (Å²) in [5, 5.41) is 12.7. The number of aromatic nitrogens is 2. The minimum atomic E-state index is -1.05. The van der Waals surface area contributed by atoms with Crippen LogP contribution in [0.1, 0.15) is 22.2 Å². The Morgan fingerprint density at radius 2 is 2.35 bits per heavy atom. The largest absolute Gasteiger partial charge is 0.476 e. The number of pyridine rings is 1. The summed E-state index contributed by atoms with van der Waals surface area (Å²) < 4.78 is 1.78. The number of fused-ring (bicyclic) bond motifs is 1. The molecule has 0 spiro atoms. The van der Waals surface area contributed by atoms with Gasteiger partial charge in [-0.2, -0.15) is 0 Å². The van der Waals surface area contributed by atoms with E-state index in [0.717, 1.165) is 18.9 Å². The van der Waals surface area contributed by atoms with Gasteiger partial charge in [-0.1, -0.05) is 11.6 Å². The van der Waals surface area contributed by atoms with Crippen molar-refractivity contribution in [3.8, 4) is 0 Å². The van der Waals surface area contributed by atoms with Gasteiger partial charge in [0.25, 0.3) is 0 Å². The van der Waals surface area contributed by atoms with Crippen molar-refractivity contribution in [3.63, 3.8) is 0 Å². The molecule has 0 atom stereocenters. The molecule has 0 aromatic carbocycles. The fraction of sp³-hybridized carbons (Fsp3) is 0.273. The van der Waals surface area contributed by atoms with E-state index in [0.29, 0.717) is 10.5 Å². The first-order valence-electron chi connectivity index (χ1n) is 5.29. The third-order valence-corrected chi connectivity index (χ3v) is 3.30. The van der Waals surface area contributed by atoms with Crippen LogP contribution in [0.4, 0.5) is 0 Å². The van der Waals surface area contributed by atoms with Crippen molar-refractivity contribution >= 4 is 23.1 Å². The molecule has 3 heterocycles. The average Bonchev–Trinajstić information content (AvgIpc) is 2.57. The Kier molecular flexibility index (Phi) is 2.31. The zero-order chi connectivity index (χ0) is 12.0. The molecule has 0 amide bonds. The van der Waals surface area contributed by atoms with Gasteiger partial charge in [-0.05, 0) is 12.1 Å². The van der Waals surface area contributed by atoms with Crippen LogP contribution >= 0.6 is 11.6 Å². The highest BCUT2D eigenvalue weighted by Gasteiger charge is 2.27. The monoisotopic (exact) mass is 251 g/mol. The summed E-state index contributed by atoms with van der Waals surface area (Å²) in [5.74, 6) is -0.0261. The van der Waals surface area contributed by atoms with Gasteiger partial charge < -0.3 is 14.8 Å². The van der Waals surface area contributed by atoms with Crippen LogP contribution in [-0.2, 0) is 0 Å². The summed E-state index contributed by atoms with van der Waals surface area (Å²) in [6, 6.07) is 3.46. The Bertz CT molecular complexity index is 604. The van der Waals surface area contributed by atoms with E-state index in [-0.39, 0.29) is 11.6 Å². The quantitative estimate of drug-likeness (QED) is 0.846.